The average molecular weight is 1050 g/mol. The fourth-order valence-electron chi connectivity index (χ4n) is 19.3. The summed E-state index contributed by atoms with van der Waals surface area (Å²) >= 11 is 0. The summed E-state index contributed by atoms with van der Waals surface area (Å²) in [4.78, 5) is 31.2. The monoisotopic (exact) mass is 1050 g/mol. The van der Waals surface area contributed by atoms with Crippen LogP contribution in [-0.2, 0) is 23.7 Å². The Hall–Kier alpha value is -1.90. The lowest BCUT2D eigenvalue weighted by atomic mass is 9.53. The fraction of sp³-hybridized carbons (Fsp3) is 0.912. The molecule has 8 heteroatoms. The van der Waals surface area contributed by atoms with Gasteiger partial charge in [-0.1, -0.05) is 82.1 Å². The molecule has 0 amide bonds. The van der Waals surface area contributed by atoms with E-state index in [1.165, 1.54) is 225 Å². The zero-order valence-corrected chi connectivity index (χ0v) is 48.8. The lowest BCUT2D eigenvalue weighted by molar-refractivity contribution is -0.149. The van der Waals surface area contributed by atoms with Crippen LogP contribution >= 0.6 is 0 Å². The summed E-state index contributed by atoms with van der Waals surface area (Å²) in [6, 6.07) is 4.54. The van der Waals surface area contributed by atoms with Crippen LogP contribution in [0.5, 0.6) is 0 Å². The van der Waals surface area contributed by atoms with Gasteiger partial charge in [0.1, 0.15) is 18.3 Å². The number of carbonyl (C=O) groups is 2. The lowest BCUT2D eigenvalue weighted by Crippen LogP contribution is -2.52. The van der Waals surface area contributed by atoms with E-state index >= 15 is 0 Å². The van der Waals surface area contributed by atoms with Gasteiger partial charge in [0.05, 0.1) is 6.10 Å². The molecule has 0 saturated heterocycles. The molecule has 10 aliphatic rings. The Morgan fingerprint density at radius 1 is 0.342 bits per heavy atom. The highest BCUT2D eigenvalue weighted by Gasteiger charge is 2.48. The molecule has 0 atom stereocenters. The van der Waals surface area contributed by atoms with E-state index in [-0.39, 0.29) is 24.3 Å². The number of hydrogen-bond acceptors (Lipinski definition) is 8. The Morgan fingerprint density at radius 3 is 0.987 bits per heavy atom. The summed E-state index contributed by atoms with van der Waals surface area (Å²) in [6.45, 7) is 1.55. The lowest BCUT2D eigenvalue weighted by Gasteiger charge is -2.52. The topological polar surface area (TPSA) is 77.5 Å². The number of hydrogen-bond donors (Lipinski definition) is 0. The van der Waals surface area contributed by atoms with E-state index in [2.05, 4.69) is 34.1 Å². The van der Waals surface area contributed by atoms with Crippen LogP contribution in [0.1, 0.15) is 283 Å². The van der Waals surface area contributed by atoms with Crippen molar-refractivity contribution in [2.24, 2.45) is 40.9 Å². The summed E-state index contributed by atoms with van der Waals surface area (Å²) < 4.78 is 23.7. The van der Waals surface area contributed by atoms with Gasteiger partial charge in [0.25, 0.3) is 0 Å². The maximum atomic E-state index is 13.4. The highest BCUT2D eigenvalue weighted by Crippen LogP contribution is 2.57. The van der Waals surface area contributed by atoms with E-state index in [0.29, 0.717) is 23.6 Å². The Kier molecular flexibility index (Phi) is 21.6. The van der Waals surface area contributed by atoms with Gasteiger partial charge in [-0.2, -0.15) is 0 Å². The summed E-state index contributed by atoms with van der Waals surface area (Å²) in [5.74, 6) is 4.45. The molecule has 0 N–H and O–H groups in total. The third-order valence-electron chi connectivity index (χ3n) is 23.5. The molecule has 0 aliphatic heterocycles. The third kappa shape index (κ3) is 15.3. The van der Waals surface area contributed by atoms with Crippen molar-refractivity contribution in [1.82, 2.24) is 9.80 Å². The van der Waals surface area contributed by atoms with Gasteiger partial charge in [-0.15, -0.1) is 0 Å². The van der Waals surface area contributed by atoms with Gasteiger partial charge in [0, 0.05) is 50.3 Å². The number of esters is 1. The van der Waals surface area contributed by atoms with Crippen LogP contribution in [0.25, 0.3) is 0 Å². The third-order valence-corrected chi connectivity index (χ3v) is 23.5. The van der Waals surface area contributed by atoms with Gasteiger partial charge < -0.3 is 18.9 Å². The van der Waals surface area contributed by atoms with E-state index in [1.807, 2.05) is 7.11 Å². The van der Waals surface area contributed by atoms with Gasteiger partial charge in [0.15, 0.2) is 0 Å². The molecule has 10 saturated carbocycles. The second-order valence-corrected chi connectivity index (χ2v) is 28.0. The van der Waals surface area contributed by atoms with Crippen LogP contribution < -0.4 is 0 Å². The SMILES string of the molecule is COC1CCC(N(C2CCCCC2)C2CCC(C=CC3CCC(C=CC4CCC(N(C5CCCCC5)C5CCC(OC(=O)OC6CCC(C7(C8CCC(OC(C)=O)CC8)CCCCC7)CC6)CC5)CC4)CC3)CC2)CC1. The van der Waals surface area contributed by atoms with Crippen LogP contribution in [0.3, 0.4) is 0 Å². The summed E-state index contributed by atoms with van der Waals surface area (Å²) in [7, 11) is 1.92. The van der Waals surface area contributed by atoms with Crippen LogP contribution in [-0.4, -0.2) is 89.7 Å². The summed E-state index contributed by atoms with van der Waals surface area (Å²) in [5, 5.41) is 0. The van der Waals surface area contributed by atoms with Crippen LogP contribution in [0.2, 0.25) is 0 Å². The molecule has 10 aliphatic carbocycles. The second kappa shape index (κ2) is 28.7. The molecule has 8 nitrogen and oxygen atoms in total. The number of rotatable bonds is 16. The van der Waals surface area contributed by atoms with Gasteiger partial charge >= 0.3 is 12.1 Å². The first-order valence-electron chi connectivity index (χ1n) is 33.8. The van der Waals surface area contributed by atoms with Crippen LogP contribution in [0.15, 0.2) is 24.3 Å². The normalized spacial score (nSPS) is 38.8. The van der Waals surface area contributed by atoms with Crippen molar-refractivity contribution < 1.29 is 28.5 Å². The molecule has 0 spiro atoms. The van der Waals surface area contributed by atoms with E-state index in [9.17, 15) is 9.59 Å². The fourth-order valence-corrected chi connectivity index (χ4v) is 19.3. The predicted octanol–water partition coefficient (Wildman–Crippen LogP) is 17.3. The zero-order chi connectivity index (χ0) is 52.1. The van der Waals surface area contributed by atoms with E-state index in [1.54, 1.807) is 6.92 Å². The predicted molar refractivity (Wildman–Crippen MR) is 308 cm³/mol. The van der Waals surface area contributed by atoms with Gasteiger partial charge in [-0.05, 0) is 259 Å². The average Bonchev–Trinajstić information content (AvgIpc) is 3.49. The summed E-state index contributed by atoms with van der Waals surface area (Å²) in [5.41, 5.74) is 0.421. The Morgan fingerprint density at radius 2 is 0.632 bits per heavy atom. The van der Waals surface area contributed by atoms with Gasteiger partial charge in [-0.3, -0.25) is 14.6 Å². The summed E-state index contributed by atoms with van der Waals surface area (Å²) in [6.07, 6.45) is 66.6. The highest BCUT2D eigenvalue weighted by atomic mass is 16.7. The Balaban J connectivity index is 0.622. The van der Waals surface area contributed by atoms with Crippen molar-refractivity contribution in [3.8, 4) is 0 Å². The molecular weight excluding hydrogens is 941 g/mol. The Labute approximate surface area is 464 Å². The van der Waals surface area contributed by atoms with Crippen molar-refractivity contribution in [2.45, 2.75) is 344 Å². The van der Waals surface area contributed by atoms with Crippen molar-refractivity contribution in [1.29, 1.82) is 0 Å². The molecule has 10 fully saturated rings. The number of carbonyl (C=O) groups excluding carboxylic acids is 2. The zero-order valence-electron chi connectivity index (χ0n) is 48.8. The first-order valence-corrected chi connectivity index (χ1v) is 33.8. The van der Waals surface area contributed by atoms with Crippen molar-refractivity contribution in [3.05, 3.63) is 24.3 Å². The maximum absolute atomic E-state index is 13.4. The first kappa shape index (κ1) is 57.3. The molecule has 0 radical (unpaired) electrons. The molecule has 10 rings (SSSR count). The molecular formula is C68H112N2O6. The second-order valence-electron chi connectivity index (χ2n) is 28.0. The number of methoxy groups -OCH3 is 1. The highest BCUT2D eigenvalue weighted by molar-refractivity contribution is 5.66. The van der Waals surface area contributed by atoms with Gasteiger partial charge in [0.2, 0.25) is 0 Å². The quantitative estimate of drug-likeness (QED) is 0.112. The molecule has 0 aromatic heterocycles. The number of ether oxygens (including phenoxy) is 4. The van der Waals surface area contributed by atoms with Crippen LogP contribution in [0, 0.1) is 40.9 Å². The Bertz CT molecular complexity index is 1760. The van der Waals surface area contributed by atoms with Gasteiger partial charge in [-0.25, -0.2) is 4.79 Å². The number of allylic oxidation sites excluding steroid dienone is 4. The molecule has 0 bridgehead atoms. The van der Waals surface area contributed by atoms with E-state index < -0.39 is 6.16 Å². The van der Waals surface area contributed by atoms with E-state index in [4.69, 9.17) is 18.9 Å². The molecule has 0 heterocycles. The van der Waals surface area contributed by atoms with Crippen molar-refractivity contribution in [3.63, 3.8) is 0 Å². The molecule has 76 heavy (non-hydrogen) atoms. The molecule has 0 aromatic carbocycles. The molecule has 430 valence electrons. The standard InChI is InChI=1S/C68H112N2O6/c1-50(71)74-64-40-28-55(29-41-64)68(48-10-5-11-49-68)56-30-42-65(43-31-56)75-67(72)76-66-46-38-62(39-47-66)70(58-14-8-4-9-15-58)60-34-26-54(27-35-60)23-21-52-18-16-51(17-19-52)20-22-53-24-32-59(33-25-53)69(57-12-6-3-7-13-57)61-36-44-63(73-2)45-37-61/h20-23,51-66H,3-19,24-49H2,1-2H3. The largest absolute Gasteiger partial charge is 0.508 e. The number of nitrogens with zero attached hydrogens (tertiary/aromatic N) is 2. The van der Waals surface area contributed by atoms with Crippen LogP contribution in [0.4, 0.5) is 4.79 Å². The minimum absolute atomic E-state index is 0.00288. The maximum Gasteiger partial charge on any atom is 0.508 e. The molecule has 0 unspecified atom stereocenters. The first-order chi connectivity index (χ1) is 37.3. The van der Waals surface area contributed by atoms with E-state index in [0.717, 1.165) is 111 Å². The smallest absolute Gasteiger partial charge is 0.463 e. The minimum atomic E-state index is -0.404. The van der Waals surface area contributed by atoms with Crippen molar-refractivity contribution >= 4 is 12.1 Å². The minimum Gasteiger partial charge on any atom is -0.463 e. The molecule has 0 aromatic rings. The van der Waals surface area contributed by atoms with Crippen molar-refractivity contribution in [2.75, 3.05) is 7.11 Å².